The largest absolute Gasteiger partial charge is 0.452 e. The third-order valence-corrected chi connectivity index (χ3v) is 4.55. The monoisotopic (exact) mass is 361 g/mol. The highest BCUT2D eigenvalue weighted by Gasteiger charge is 2.30. The topological polar surface area (TPSA) is 46.6 Å². The molecule has 0 saturated heterocycles. The number of nitrogens with zero attached hydrogens (tertiary/aromatic N) is 1. The third-order valence-electron chi connectivity index (χ3n) is 4.19. The van der Waals surface area contributed by atoms with Crippen LogP contribution in [0, 0.1) is 5.82 Å². The maximum Gasteiger partial charge on any atom is 0.311 e. The smallest absolute Gasteiger partial charge is 0.311 e. The van der Waals surface area contributed by atoms with Crippen LogP contribution < -0.4 is 4.90 Å². The lowest BCUT2D eigenvalue weighted by Crippen LogP contribution is -2.39. The van der Waals surface area contributed by atoms with E-state index in [1.54, 1.807) is 4.90 Å². The van der Waals surface area contributed by atoms with Gasteiger partial charge in [-0.1, -0.05) is 35.9 Å². The Bertz CT molecular complexity index is 804. The first-order valence-corrected chi connectivity index (χ1v) is 8.37. The van der Waals surface area contributed by atoms with Gasteiger partial charge in [0, 0.05) is 22.8 Å². The number of halogens is 2. The molecule has 2 aromatic carbocycles. The van der Waals surface area contributed by atoms with Crippen LogP contribution in [0.15, 0.2) is 42.5 Å². The summed E-state index contributed by atoms with van der Waals surface area (Å²) < 4.78 is 18.9. The number of ether oxygens (including phenoxy) is 1. The van der Waals surface area contributed by atoms with Gasteiger partial charge in [0.2, 0.25) is 0 Å². The Morgan fingerprint density at radius 2 is 2.00 bits per heavy atom. The van der Waals surface area contributed by atoms with Gasteiger partial charge in [0.25, 0.3) is 5.91 Å². The van der Waals surface area contributed by atoms with Gasteiger partial charge in [-0.2, -0.15) is 0 Å². The number of hydrogen-bond acceptors (Lipinski definition) is 3. The summed E-state index contributed by atoms with van der Waals surface area (Å²) in [5, 5.41) is 0.157. The molecule has 0 N–H and O–H groups in total. The van der Waals surface area contributed by atoms with E-state index in [0.29, 0.717) is 6.54 Å². The van der Waals surface area contributed by atoms with Crippen molar-refractivity contribution in [2.75, 3.05) is 11.4 Å². The Morgan fingerprint density at radius 3 is 2.76 bits per heavy atom. The molecule has 1 atom stereocenters. The Hall–Kier alpha value is -2.40. The summed E-state index contributed by atoms with van der Waals surface area (Å²) in [6.07, 6.45) is -0.503. The van der Waals surface area contributed by atoms with Gasteiger partial charge in [0.15, 0.2) is 6.10 Å². The number of carbonyl (C=O) groups excluding carboxylic acids is 2. The van der Waals surface area contributed by atoms with Crippen molar-refractivity contribution in [1.29, 1.82) is 0 Å². The number of benzene rings is 2. The van der Waals surface area contributed by atoms with Crippen LogP contribution in [-0.2, 0) is 27.2 Å². The number of fused-ring (bicyclic) bond motifs is 1. The molecule has 4 nitrogen and oxygen atoms in total. The molecule has 0 aromatic heterocycles. The normalized spacial score (nSPS) is 14.1. The van der Waals surface area contributed by atoms with Crippen LogP contribution in [0.3, 0.4) is 0 Å². The number of para-hydroxylation sites is 1. The molecule has 0 saturated carbocycles. The van der Waals surface area contributed by atoms with Gasteiger partial charge in [-0.05, 0) is 37.1 Å². The lowest BCUT2D eigenvalue weighted by molar-refractivity contribution is -0.153. The predicted octanol–water partition coefficient (Wildman–Crippen LogP) is 3.54. The second kappa shape index (κ2) is 7.23. The van der Waals surface area contributed by atoms with E-state index in [1.807, 2.05) is 24.3 Å². The first-order valence-electron chi connectivity index (χ1n) is 7.99. The summed E-state index contributed by atoms with van der Waals surface area (Å²) in [6, 6.07) is 11.8. The van der Waals surface area contributed by atoms with E-state index in [0.717, 1.165) is 17.7 Å². The molecular formula is C19H17ClFNO3. The summed E-state index contributed by atoms with van der Waals surface area (Å²) >= 11 is 5.91. The fourth-order valence-corrected chi connectivity index (χ4v) is 3.15. The number of hydrogen-bond donors (Lipinski definition) is 0. The first-order chi connectivity index (χ1) is 12.0. The molecule has 1 amide bonds. The second-order valence-corrected chi connectivity index (χ2v) is 6.28. The first kappa shape index (κ1) is 17.4. The maximum absolute atomic E-state index is 13.8. The zero-order chi connectivity index (χ0) is 18.0. The van der Waals surface area contributed by atoms with Crippen LogP contribution in [-0.4, -0.2) is 24.5 Å². The van der Waals surface area contributed by atoms with Crippen LogP contribution in [0.2, 0.25) is 5.02 Å². The maximum atomic E-state index is 13.8. The Labute approximate surface area is 150 Å². The molecule has 2 aromatic rings. The standard InChI is InChI=1S/C19H17ClFNO3/c1-12(19(24)22-10-9-13-5-2-3-8-17(13)22)25-18(23)11-14-15(20)6-4-7-16(14)21/h2-8,12H,9-11H2,1H3/t12-/m1/s1. The van der Waals surface area contributed by atoms with E-state index in [1.165, 1.54) is 25.1 Å². The van der Waals surface area contributed by atoms with E-state index in [-0.39, 0.29) is 22.9 Å². The van der Waals surface area contributed by atoms with Gasteiger partial charge in [-0.15, -0.1) is 0 Å². The molecule has 0 spiro atoms. The summed E-state index contributed by atoms with van der Waals surface area (Å²) in [7, 11) is 0. The number of rotatable bonds is 4. The van der Waals surface area contributed by atoms with Crippen molar-refractivity contribution in [2.45, 2.75) is 25.9 Å². The van der Waals surface area contributed by atoms with Crippen molar-refractivity contribution in [3.63, 3.8) is 0 Å². The SMILES string of the molecule is C[C@@H](OC(=O)Cc1c(F)cccc1Cl)C(=O)N1CCc2ccccc21. The molecule has 6 heteroatoms. The van der Waals surface area contributed by atoms with E-state index >= 15 is 0 Å². The molecule has 25 heavy (non-hydrogen) atoms. The quantitative estimate of drug-likeness (QED) is 0.782. The number of amides is 1. The fraction of sp³-hybridized carbons (Fsp3) is 0.263. The van der Waals surface area contributed by atoms with Crippen molar-refractivity contribution in [1.82, 2.24) is 0 Å². The third kappa shape index (κ3) is 3.66. The van der Waals surface area contributed by atoms with Crippen LogP contribution in [0.1, 0.15) is 18.1 Å². The van der Waals surface area contributed by atoms with Crippen molar-refractivity contribution < 1.29 is 18.7 Å². The molecule has 130 valence electrons. The second-order valence-electron chi connectivity index (χ2n) is 5.88. The summed E-state index contributed by atoms with van der Waals surface area (Å²) in [5.74, 6) is -1.56. The molecule has 0 aliphatic carbocycles. The van der Waals surface area contributed by atoms with Gasteiger partial charge in [-0.25, -0.2) is 4.39 Å². The Balaban J connectivity index is 1.65. The summed E-state index contributed by atoms with van der Waals surface area (Å²) in [6.45, 7) is 2.07. The predicted molar refractivity (Wildman–Crippen MR) is 93.2 cm³/mol. The number of anilines is 1. The highest BCUT2D eigenvalue weighted by atomic mass is 35.5. The van der Waals surface area contributed by atoms with E-state index < -0.39 is 17.9 Å². The van der Waals surface area contributed by atoms with Crippen LogP contribution in [0.25, 0.3) is 0 Å². The van der Waals surface area contributed by atoms with Crippen molar-refractivity contribution in [3.05, 3.63) is 64.4 Å². The van der Waals surface area contributed by atoms with E-state index in [9.17, 15) is 14.0 Å². The van der Waals surface area contributed by atoms with Crippen molar-refractivity contribution >= 4 is 29.2 Å². The molecular weight excluding hydrogens is 345 g/mol. The lowest BCUT2D eigenvalue weighted by atomic mass is 10.1. The van der Waals surface area contributed by atoms with Gasteiger partial charge in [-0.3, -0.25) is 9.59 Å². The zero-order valence-corrected chi connectivity index (χ0v) is 14.4. The molecule has 3 rings (SSSR count). The van der Waals surface area contributed by atoms with Crippen LogP contribution >= 0.6 is 11.6 Å². The fourth-order valence-electron chi connectivity index (χ4n) is 2.92. The van der Waals surface area contributed by atoms with Gasteiger partial charge in [0.1, 0.15) is 5.82 Å². The molecule has 1 aliphatic rings. The minimum atomic E-state index is -0.954. The summed E-state index contributed by atoms with van der Waals surface area (Å²) in [5.41, 5.74) is 2.00. The lowest BCUT2D eigenvalue weighted by Gasteiger charge is -2.21. The van der Waals surface area contributed by atoms with Crippen LogP contribution in [0.4, 0.5) is 10.1 Å². The highest BCUT2D eigenvalue weighted by Crippen LogP contribution is 2.28. The van der Waals surface area contributed by atoms with Crippen molar-refractivity contribution in [2.24, 2.45) is 0 Å². The van der Waals surface area contributed by atoms with Gasteiger partial charge in [0.05, 0.1) is 6.42 Å². The molecule has 1 aliphatic heterocycles. The van der Waals surface area contributed by atoms with Gasteiger partial charge < -0.3 is 9.64 Å². The Morgan fingerprint density at radius 1 is 1.24 bits per heavy atom. The van der Waals surface area contributed by atoms with Crippen LogP contribution in [0.5, 0.6) is 0 Å². The van der Waals surface area contributed by atoms with E-state index in [2.05, 4.69) is 0 Å². The highest BCUT2D eigenvalue weighted by molar-refractivity contribution is 6.31. The number of esters is 1. The average Bonchev–Trinajstić information content (AvgIpc) is 3.01. The summed E-state index contributed by atoms with van der Waals surface area (Å²) in [4.78, 5) is 26.3. The minimum absolute atomic E-state index is 0.0698. The minimum Gasteiger partial charge on any atom is -0.452 e. The Kier molecular flexibility index (Phi) is 5.04. The van der Waals surface area contributed by atoms with Gasteiger partial charge >= 0.3 is 5.97 Å². The van der Waals surface area contributed by atoms with E-state index in [4.69, 9.17) is 16.3 Å². The molecule has 0 radical (unpaired) electrons. The number of carbonyl (C=O) groups is 2. The molecule has 1 heterocycles. The average molecular weight is 362 g/mol. The zero-order valence-electron chi connectivity index (χ0n) is 13.7. The van der Waals surface area contributed by atoms with Crippen molar-refractivity contribution in [3.8, 4) is 0 Å². The molecule has 0 unspecified atom stereocenters. The molecule has 0 fully saturated rings. The molecule has 0 bridgehead atoms.